The van der Waals surface area contributed by atoms with E-state index in [9.17, 15) is 4.79 Å². The van der Waals surface area contributed by atoms with Crippen LogP contribution in [0.25, 0.3) is 0 Å². The molecule has 0 aliphatic rings. The van der Waals surface area contributed by atoms with Crippen molar-refractivity contribution in [1.29, 1.82) is 0 Å². The maximum atomic E-state index is 10.6. The van der Waals surface area contributed by atoms with Crippen molar-refractivity contribution in [3.8, 4) is 0 Å². The Morgan fingerprint density at radius 1 is 1.77 bits per heavy atom. The van der Waals surface area contributed by atoms with Gasteiger partial charge < -0.3 is 11.5 Å². The minimum absolute atomic E-state index is 0.469. The van der Waals surface area contributed by atoms with E-state index in [4.69, 9.17) is 11.5 Å². The van der Waals surface area contributed by atoms with Crippen LogP contribution in [0.3, 0.4) is 0 Å². The van der Waals surface area contributed by atoms with Gasteiger partial charge in [0, 0.05) is 12.7 Å². The lowest BCUT2D eigenvalue weighted by atomic mass is 10.2. The number of hydrogen-bond acceptors (Lipinski definition) is 3. The summed E-state index contributed by atoms with van der Waals surface area (Å²) in [6.45, 7) is 2.53. The fourth-order valence-corrected chi connectivity index (χ4v) is 1.00. The average molecular weight is 182 g/mol. The Bertz CT molecular complexity index is 294. The van der Waals surface area contributed by atoms with Crippen LogP contribution in [0.5, 0.6) is 0 Å². The number of hydrogen-bond donors (Lipinski definition) is 2. The van der Waals surface area contributed by atoms with E-state index < -0.39 is 11.9 Å². The molecule has 0 saturated heterocycles. The molecule has 5 heteroatoms. The van der Waals surface area contributed by atoms with E-state index in [1.165, 1.54) is 0 Å². The van der Waals surface area contributed by atoms with Gasteiger partial charge in [0.15, 0.2) is 0 Å². The summed E-state index contributed by atoms with van der Waals surface area (Å²) in [4.78, 5) is 10.6. The third kappa shape index (κ3) is 2.87. The van der Waals surface area contributed by atoms with Gasteiger partial charge in [-0.1, -0.05) is 0 Å². The maximum absolute atomic E-state index is 10.6. The van der Waals surface area contributed by atoms with Crippen LogP contribution < -0.4 is 11.5 Å². The van der Waals surface area contributed by atoms with Gasteiger partial charge in [0.2, 0.25) is 5.91 Å². The number of nitrogens with zero attached hydrogens (tertiary/aromatic N) is 2. The Labute approximate surface area is 76.7 Å². The average Bonchev–Trinajstić information content (AvgIpc) is 2.47. The number of primary amides is 1. The van der Waals surface area contributed by atoms with E-state index in [0.29, 0.717) is 13.0 Å². The zero-order valence-corrected chi connectivity index (χ0v) is 7.60. The summed E-state index contributed by atoms with van der Waals surface area (Å²) in [5.41, 5.74) is 11.4. The second kappa shape index (κ2) is 4.04. The fourth-order valence-electron chi connectivity index (χ4n) is 1.00. The number of aromatic nitrogens is 2. The van der Waals surface area contributed by atoms with Crippen molar-refractivity contribution in [3.05, 3.63) is 18.0 Å². The van der Waals surface area contributed by atoms with Crippen LogP contribution in [-0.4, -0.2) is 21.7 Å². The second-order valence-corrected chi connectivity index (χ2v) is 3.02. The van der Waals surface area contributed by atoms with E-state index in [1.807, 2.05) is 19.2 Å². The molecule has 1 unspecified atom stereocenters. The lowest BCUT2D eigenvalue weighted by Crippen LogP contribution is -2.37. The molecule has 1 atom stereocenters. The molecule has 0 aliphatic heterocycles. The molecule has 13 heavy (non-hydrogen) atoms. The van der Waals surface area contributed by atoms with E-state index >= 15 is 0 Å². The van der Waals surface area contributed by atoms with E-state index in [-0.39, 0.29) is 0 Å². The van der Waals surface area contributed by atoms with Crippen LogP contribution in [0.4, 0.5) is 0 Å². The standard InChI is InChI=1S/C8H14N4O/c1-6-2-4-12(11-6)5-3-7(9)8(10)13/h2,4,7H,3,5,9H2,1H3,(H2,10,13). The molecule has 1 rings (SSSR count). The minimum atomic E-state index is -0.579. The fraction of sp³-hybridized carbons (Fsp3) is 0.500. The first-order valence-electron chi connectivity index (χ1n) is 4.14. The third-order valence-corrected chi connectivity index (χ3v) is 1.81. The van der Waals surface area contributed by atoms with Crippen LogP contribution in [0, 0.1) is 6.92 Å². The largest absolute Gasteiger partial charge is 0.368 e. The topological polar surface area (TPSA) is 86.9 Å². The quantitative estimate of drug-likeness (QED) is 0.651. The molecular weight excluding hydrogens is 168 g/mol. The summed E-state index contributed by atoms with van der Waals surface area (Å²) in [5.74, 6) is -0.469. The number of carbonyl (C=O) groups excluding carboxylic acids is 1. The first-order chi connectivity index (χ1) is 6.09. The third-order valence-electron chi connectivity index (χ3n) is 1.81. The van der Waals surface area contributed by atoms with Gasteiger partial charge in [-0.3, -0.25) is 9.48 Å². The summed E-state index contributed by atoms with van der Waals surface area (Å²) in [6, 6.07) is 1.32. The number of aryl methyl sites for hydroxylation is 2. The van der Waals surface area contributed by atoms with Crippen LogP contribution in [0.15, 0.2) is 12.3 Å². The molecule has 5 nitrogen and oxygen atoms in total. The van der Waals surface area contributed by atoms with Crippen LogP contribution >= 0.6 is 0 Å². The molecule has 0 fully saturated rings. The highest BCUT2D eigenvalue weighted by atomic mass is 16.1. The van der Waals surface area contributed by atoms with E-state index in [0.717, 1.165) is 5.69 Å². The van der Waals surface area contributed by atoms with Gasteiger partial charge in [-0.05, 0) is 19.4 Å². The molecule has 72 valence electrons. The molecular formula is C8H14N4O. The SMILES string of the molecule is Cc1ccn(CCC(N)C(N)=O)n1. The monoisotopic (exact) mass is 182 g/mol. The molecule has 1 amide bonds. The lowest BCUT2D eigenvalue weighted by Gasteiger charge is -2.06. The Hall–Kier alpha value is -1.36. The van der Waals surface area contributed by atoms with Crippen molar-refractivity contribution in [1.82, 2.24) is 9.78 Å². The van der Waals surface area contributed by atoms with Crippen molar-refractivity contribution in [2.45, 2.75) is 25.9 Å². The van der Waals surface area contributed by atoms with Gasteiger partial charge in [-0.25, -0.2) is 0 Å². The van der Waals surface area contributed by atoms with Crippen LogP contribution in [-0.2, 0) is 11.3 Å². The number of carbonyl (C=O) groups is 1. The second-order valence-electron chi connectivity index (χ2n) is 3.02. The molecule has 0 aromatic carbocycles. The summed E-state index contributed by atoms with van der Waals surface area (Å²) < 4.78 is 1.75. The number of nitrogens with two attached hydrogens (primary N) is 2. The maximum Gasteiger partial charge on any atom is 0.234 e. The molecule has 0 bridgehead atoms. The zero-order valence-electron chi connectivity index (χ0n) is 7.60. The summed E-state index contributed by atoms with van der Waals surface area (Å²) >= 11 is 0. The van der Waals surface area contributed by atoms with Crippen LogP contribution in [0.2, 0.25) is 0 Å². The molecule has 1 aromatic rings. The summed E-state index contributed by atoms with van der Waals surface area (Å²) in [5, 5.41) is 4.15. The predicted molar refractivity (Wildman–Crippen MR) is 48.8 cm³/mol. The van der Waals surface area contributed by atoms with Gasteiger partial charge in [-0.15, -0.1) is 0 Å². The highest BCUT2D eigenvalue weighted by Crippen LogP contribution is 1.96. The van der Waals surface area contributed by atoms with Crippen molar-refractivity contribution in [2.24, 2.45) is 11.5 Å². The number of rotatable bonds is 4. The van der Waals surface area contributed by atoms with Crippen molar-refractivity contribution < 1.29 is 4.79 Å². The highest BCUT2D eigenvalue weighted by molar-refractivity contribution is 5.79. The van der Waals surface area contributed by atoms with Crippen LogP contribution in [0.1, 0.15) is 12.1 Å². The highest BCUT2D eigenvalue weighted by Gasteiger charge is 2.08. The first kappa shape index (κ1) is 9.73. The Morgan fingerprint density at radius 3 is 2.92 bits per heavy atom. The van der Waals surface area contributed by atoms with E-state index in [1.54, 1.807) is 4.68 Å². The van der Waals surface area contributed by atoms with E-state index in [2.05, 4.69) is 5.10 Å². The molecule has 4 N–H and O–H groups in total. The van der Waals surface area contributed by atoms with Crippen molar-refractivity contribution >= 4 is 5.91 Å². The van der Waals surface area contributed by atoms with Crippen molar-refractivity contribution in [2.75, 3.05) is 0 Å². The lowest BCUT2D eigenvalue weighted by molar-refractivity contribution is -0.119. The zero-order chi connectivity index (χ0) is 9.84. The molecule has 0 saturated carbocycles. The molecule has 0 spiro atoms. The van der Waals surface area contributed by atoms with Crippen molar-refractivity contribution in [3.63, 3.8) is 0 Å². The smallest absolute Gasteiger partial charge is 0.234 e. The predicted octanol–water partition coefficient (Wildman–Crippen LogP) is -0.606. The first-order valence-corrected chi connectivity index (χ1v) is 4.14. The van der Waals surface area contributed by atoms with Gasteiger partial charge in [-0.2, -0.15) is 5.10 Å². The van der Waals surface area contributed by atoms with Gasteiger partial charge in [0.1, 0.15) is 0 Å². The van der Waals surface area contributed by atoms with Gasteiger partial charge in [0.05, 0.1) is 11.7 Å². The summed E-state index contributed by atoms with van der Waals surface area (Å²) in [7, 11) is 0. The molecule has 1 heterocycles. The normalized spacial score (nSPS) is 12.8. The molecule has 0 radical (unpaired) electrons. The van der Waals surface area contributed by atoms with Gasteiger partial charge >= 0.3 is 0 Å². The Morgan fingerprint density at radius 2 is 2.46 bits per heavy atom. The summed E-state index contributed by atoms with van der Waals surface area (Å²) in [6.07, 6.45) is 2.37. The number of amides is 1. The minimum Gasteiger partial charge on any atom is -0.368 e. The Kier molecular flexibility index (Phi) is 3.02. The molecule has 0 aliphatic carbocycles. The van der Waals surface area contributed by atoms with Gasteiger partial charge in [0.25, 0.3) is 0 Å². The Balaban J connectivity index is 2.39. The molecule has 1 aromatic heterocycles.